The highest BCUT2D eigenvalue weighted by molar-refractivity contribution is 5.92. The van der Waals surface area contributed by atoms with Crippen molar-refractivity contribution in [3.8, 4) is 0 Å². The minimum absolute atomic E-state index is 0.126. The number of carbonyl (C=O) groups excluding carboxylic acids is 1. The van der Waals surface area contributed by atoms with Crippen molar-refractivity contribution in [3.63, 3.8) is 0 Å². The average molecular weight is 346 g/mol. The molecule has 0 aromatic carbocycles. The number of nitrogens with one attached hydrogen (secondary N) is 1. The molecule has 2 N–H and O–H groups in total. The first-order valence-corrected chi connectivity index (χ1v) is 9.08. The Kier molecular flexibility index (Phi) is 5.86. The topological polar surface area (TPSA) is 85.8 Å². The van der Waals surface area contributed by atoms with Gasteiger partial charge in [-0.2, -0.15) is 0 Å². The number of carboxylic acid groups (broad SMARTS) is 1. The number of nitrogens with zero attached hydrogens (tertiary/aromatic N) is 3. The summed E-state index contributed by atoms with van der Waals surface area (Å²) in [5.74, 6) is -0.314. The monoisotopic (exact) mass is 346 g/mol. The lowest BCUT2D eigenvalue weighted by Crippen LogP contribution is -2.42. The number of piperidine rings is 2. The zero-order valence-electron chi connectivity index (χ0n) is 14.5. The SMILES string of the molecule is O=C(CN1CCCC(C(=O)O)C1)Nc1ccc(N2CCCCC2)nc1. The van der Waals surface area contributed by atoms with Gasteiger partial charge < -0.3 is 15.3 Å². The summed E-state index contributed by atoms with van der Waals surface area (Å²) >= 11 is 0. The van der Waals surface area contributed by atoms with Crippen LogP contribution in [-0.4, -0.2) is 59.6 Å². The highest BCUT2D eigenvalue weighted by atomic mass is 16.4. The van der Waals surface area contributed by atoms with Gasteiger partial charge in [0.05, 0.1) is 24.3 Å². The summed E-state index contributed by atoms with van der Waals surface area (Å²) in [6, 6.07) is 3.83. The molecule has 2 aliphatic rings. The summed E-state index contributed by atoms with van der Waals surface area (Å²) in [4.78, 5) is 31.9. The molecular weight excluding hydrogens is 320 g/mol. The molecule has 7 heteroatoms. The zero-order chi connectivity index (χ0) is 17.6. The van der Waals surface area contributed by atoms with Gasteiger partial charge in [-0.25, -0.2) is 4.98 Å². The Morgan fingerprint density at radius 2 is 1.96 bits per heavy atom. The molecule has 2 saturated heterocycles. The van der Waals surface area contributed by atoms with E-state index in [4.69, 9.17) is 5.11 Å². The maximum absolute atomic E-state index is 12.2. The van der Waals surface area contributed by atoms with Crippen molar-refractivity contribution in [2.45, 2.75) is 32.1 Å². The maximum Gasteiger partial charge on any atom is 0.307 e. The Bertz CT molecular complexity index is 599. The van der Waals surface area contributed by atoms with Crippen molar-refractivity contribution >= 4 is 23.4 Å². The van der Waals surface area contributed by atoms with Gasteiger partial charge >= 0.3 is 5.97 Å². The molecule has 0 radical (unpaired) electrons. The Morgan fingerprint density at radius 1 is 1.16 bits per heavy atom. The molecule has 3 rings (SSSR count). The van der Waals surface area contributed by atoms with Gasteiger partial charge in [-0.05, 0) is 50.8 Å². The third-order valence-electron chi connectivity index (χ3n) is 4.93. The molecular formula is C18H26N4O3. The minimum atomic E-state index is -0.775. The Morgan fingerprint density at radius 3 is 2.64 bits per heavy atom. The van der Waals surface area contributed by atoms with Crippen LogP contribution in [0, 0.1) is 5.92 Å². The minimum Gasteiger partial charge on any atom is -0.481 e. The van der Waals surface area contributed by atoms with Crippen LogP contribution in [0.3, 0.4) is 0 Å². The molecule has 0 aliphatic carbocycles. The fraction of sp³-hybridized carbons (Fsp3) is 0.611. The van der Waals surface area contributed by atoms with Crippen LogP contribution < -0.4 is 10.2 Å². The molecule has 3 heterocycles. The molecule has 0 bridgehead atoms. The van der Waals surface area contributed by atoms with E-state index in [1.54, 1.807) is 6.20 Å². The van der Waals surface area contributed by atoms with E-state index >= 15 is 0 Å². The molecule has 2 fully saturated rings. The summed E-state index contributed by atoms with van der Waals surface area (Å²) in [6.07, 6.45) is 6.88. The maximum atomic E-state index is 12.2. The summed E-state index contributed by atoms with van der Waals surface area (Å²) in [6.45, 7) is 3.51. The van der Waals surface area contributed by atoms with Gasteiger partial charge in [0.25, 0.3) is 0 Å². The van der Waals surface area contributed by atoms with Gasteiger partial charge in [-0.3, -0.25) is 14.5 Å². The fourth-order valence-electron chi connectivity index (χ4n) is 3.57. The first-order chi connectivity index (χ1) is 12.1. The summed E-state index contributed by atoms with van der Waals surface area (Å²) in [7, 11) is 0. The molecule has 1 atom stereocenters. The largest absolute Gasteiger partial charge is 0.481 e. The lowest BCUT2D eigenvalue weighted by Gasteiger charge is -2.30. The van der Waals surface area contributed by atoms with Gasteiger partial charge in [0, 0.05) is 19.6 Å². The smallest absolute Gasteiger partial charge is 0.307 e. The summed E-state index contributed by atoms with van der Waals surface area (Å²) in [5, 5.41) is 12.0. The van der Waals surface area contributed by atoms with E-state index in [1.807, 2.05) is 17.0 Å². The Balaban J connectivity index is 1.50. The summed E-state index contributed by atoms with van der Waals surface area (Å²) < 4.78 is 0. The first-order valence-electron chi connectivity index (χ1n) is 9.08. The van der Waals surface area contributed by atoms with E-state index in [9.17, 15) is 9.59 Å². The first kappa shape index (κ1) is 17.7. The number of carboxylic acids is 1. The van der Waals surface area contributed by atoms with Crippen LogP contribution >= 0.6 is 0 Å². The third kappa shape index (κ3) is 4.92. The van der Waals surface area contributed by atoms with Crippen molar-refractivity contribution in [1.82, 2.24) is 9.88 Å². The average Bonchev–Trinajstić information content (AvgIpc) is 2.63. The Labute approximate surface area is 148 Å². The second kappa shape index (κ2) is 8.29. The van der Waals surface area contributed by atoms with Crippen molar-refractivity contribution in [1.29, 1.82) is 0 Å². The molecule has 0 spiro atoms. The fourth-order valence-corrected chi connectivity index (χ4v) is 3.57. The molecule has 1 aromatic heterocycles. The van der Waals surface area contributed by atoms with Gasteiger partial charge in [-0.15, -0.1) is 0 Å². The predicted octanol–water partition coefficient (Wildman–Crippen LogP) is 1.81. The molecule has 7 nitrogen and oxygen atoms in total. The van der Waals surface area contributed by atoms with Crippen molar-refractivity contribution < 1.29 is 14.7 Å². The quantitative estimate of drug-likeness (QED) is 0.846. The number of rotatable bonds is 5. The molecule has 1 aromatic rings. The van der Waals surface area contributed by atoms with Crippen LogP contribution in [0.4, 0.5) is 11.5 Å². The highest BCUT2D eigenvalue weighted by Crippen LogP contribution is 2.19. The molecule has 1 unspecified atom stereocenters. The predicted molar refractivity (Wildman–Crippen MR) is 95.7 cm³/mol. The number of likely N-dealkylation sites (tertiary alicyclic amines) is 1. The number of aromatic nitrogens is 1. The van der Waals surface area contributed by atoms with Crippen molar-refractivity contribution in [2.24, 2.45) is 5.92 Å². The Hall–Kier alpha value is -2.15. The van der Waals surface area contributed by atoms with Crippen LogP contribution in [0.25, 0.3) is 0 Å². The van der Waals surface area contributed by atoms with E-state index in [1.165, 1.54) is 19.3 Å². The number of amides is 1. The summed E-state index contributed by atoms with van der Waals surface area (Å²) in [5.41, 5.74) is 0.678. The van der Waals surface area contributed by atoms with Gasteiger partial charge in [0.1, 0.15) is 5.82 Å². The van der Waals surface area contributed by atoms with Crippen LogP contribution in [0.2, 0.25) is 0 Å². The van der Waals surface area contributed by atoms with Crippen LogP contribution in [0.5, 0.6) is 0 Å². The lowest BCUT2D eigenvalue weighted by molar-refractivity contribution is -0.144. The molecule has 25 heavy (non-hydrogen) atoms. The van der Waals surface area contributed by atoms with E-state index < -0.39 is 5.97 Å². The molecule has 0 saturated carbocycles. The number of carbonyl (C=O) groups is 2. The normalized spacial score (nSPS) is 21.8. The lowest BCUT2D eigenvalue weighted by atomic mass is 9.98. The highest BCUT2D eigenvalue weighted by Gasteiger charge is 2.26. The number of hydrogen-bond acceptors (Lipinski definition) is 5. The second-order valence-electron chi connectivity index (χ2n) is 6.91. The van der Waals surface area contributed by atoms with E-state index in [0.29, 0.717) is 18.7 Å². The van der Waals surface area contributed by atoms with Crippen molar-refractivity contribution in [3.05, 3.63) is 18.3 Å². The van der Waals surface area contributed by atoms with Gasteiger partial charge in [0.15, 0.2) is 0 Å². The zero-order valence-corrected chi connectivity index (χ0v) is 14.5. The second-order valence-corrected chi connectivity index (χ2v) is 6.91. The van der Waals surface area contributed by atoms with E-state index in [-0.39, 0.29) is 18.4 Å². The van der Waals surface area contributed by atoms with E-state index in [0.717, 1.165) is 31.9 Å². The number of pyridine rings is 1. The number of hydrogen-bond donors (Lipinski definition) is 2. The number of anilines is 2. The molecule has 136 valence electrons. The number of aliphatic carboxylic acids is 1. The molecule has 1 amide bonds. The van der Waals surface area contributed by atoms with Gasteiger partial charge in [-0.1, -0.05) is 0 Å². The van der Waals surface area contributed by atoms with E-state index in [2.05, 4.69) is 15.2 Å². The van der Waals surface area contributed by atoms with Crippen LogP contribution in [-0.2, 0) is 9.59 Å². The third-order valence-corrected chi connectivity index (χ3v) is 4.93. The van der Waals surface area contributed by atoms with Gasteiger partial charge in [0.2, 0.25) is 5.91 Å². The van der Waals surface area contributed by atoms with Crippen molar-refractivity contribution in [2.75, 3.05) is 42.9 Å². The molecule has 2 aliphatic heterocycles. The standard InChI is InChI=1S/C18H26N4O3/c23-17(13-21-8-4-5-14(12-21)18(24)25)20-15-6-7-16(19-11-15)22-9-2-1-3-10-22/h6-7,11,14H,1-5,8-10,12-13H2,(H,20,23)(H,24,25). The van der Waals surface area contributed by atoms with Crippen LogP contribution in [0.15, 0.2) is 18.3 Å². The van der Waals surface area contributed by atoms with Crippen LogP contribution in [0.1, 0.15) is 32.1 Å².